The number of hydrogen-bond donors (Lipinski definition) is 1. The van der Waals surface area contributed by atoms with E-state index in [0.29, 0.717) is 45.6 Å². The number of benzene rings is 1. The smallest absolute Gasteiger partial charge is 0.160 e. The quantitative estimate of drug-likeness (QED) is 0.331. The molecule has 3 atom stereocenters. The average molecular weight is 482 g/mol. The Kier molecular flexibility index (Phi) is 4.83. The van der Waals surface area contributed by atoms with Crippen LogP contribution in [0.3, 0.4) is 0 Å². The number of aromatic nitrogens is 6. The topological polar surface area (TPSA) is 90.1 Å². The van der Waals surface area contributed by atoms with Crippen LogP contribution in [0.25, 0.3) is 16.7 Å². The highest BCUT2D eigenvalue weighted by atomic mass is 19.1. The molecule has 5 aromatic rings. The summed E-state index contributed by atoms with van der Waals surface area (Å²) in [5.74, 6) is 3.11. The van der Waals surface area contributed by atoms with E-state index in [4.69, 9.17) is 9.72 Å². The average Bonchev–Trinajstić information content (AvgIpc) is 3.66. The number of anilines is 2. The third kappa shape index (κ3) is 3.54. The molecule has 2 fully saturated rings. The third-order valence-electron chi connectivity index (χ3n) is 7.69. The first-order chi connectivity index (χ1) is 17.6. The van der Waals surface area contributed by atoms with Crippen molar-refractivity contribution in [3.05, 3.63) is 72.3 Å². The van der Waals surface area contributed by atoms with Crippen molar-refractivity contribution in [1.82, 2.24) is 29.5 Å². The third-order valence-corrected chi connectivity index (χ3v) is 7.69. The van der Waals surface area contributed by atoms with Gasteiger partial charge in [0.2, 0.25) is 0 Å². The highest BCUT2D eigenvalue weighted by molar-refractivity contribution is 5.87. The van der Waals surface area contributed by atoms with Gasteiger partial charge in [0.1, 0.15) is 29.7 Å². The number of fused-ring (bicyclic) bond motifs is 4. The number of ether oxygens (including phenoxy) is 1. The van der Waals surface area contributed by atoms with Crippen LogP contribution in [0, 0.1) is 24.6 Å². The second kappa shape index (κ2) is 8.22. The summed E-state index contributed by atoms with van der Waals surface area (Å²) in [7, 11) is 0. The highest BCUT2D eigenvalue weighted by Gasteiger charge is 2.40. The molecule has 2 saturated carbocycles. The number of nitrogens with one attached hydrogen (secondary N) is 1. The van der Waals surface area contributed by atoms with Crippen molar-refractivity contribution in [1.29, 1.82) is 0 Å². The lowest BCUT2D eigenvalue weighted by Crippen LogP contribution is -2.10. The molecule has 0 spiro atoms. The standard InChI is InChI=1S/C27H24FN7O/c1-15-23(36-18-8-9-35-24(12-18)30-14-32-35)7-6-21(25(15)28)34-27-26-22(29-13-31-27)5-4-20(33-26)19-11-16-2-3-17(19)10-16/h4-9,12-14,16-17,19H,2-3,10-11H2,1H3,(H,29,31,34)/t16-,17+,19+/m0/s1. The van der Waals surface area contributed by atoms with Gasteiger partial charge < -0.3 is 10.1 Å². The van der Waals surface area contributed by atoms with E-state index >= 15 is 4.39 Å². The van der Waals surface area contributed by atoms with Crippen molar-refractivity contribution in [2.45, 2.75) is 38.5 Å². The van der Waals surface area contributed by atoms with E-state index in [9.17, 15) is 0 Å². The lowest BCUT2D eigenvalue weighted by atomic mass is 9.86. The number of halogens is 1. The van der Waals surface area contributed by atoms with E-state index in [1.807, 2.05) is 6.07 Å². The van der Waals surface area contributed by atoms with Gasteiger partial charge in [0, 0.05) is 29.4 Å². The summed E-state index contributed by atoms with van der Waals surface area (Å²) in [5.41, 5.74) is 3.83. The Bertz CT molecular complexity index is 1620. The molecule has 8 nitrogen and oxygen atoms in total. The van der Waals surface area contributed by atoms with Crippen LogP contribution in [-0.4, -0.2) is 29.5 Å². The van der Waals surface area contributed by atoms with Crippen LogP contribution in [0.4, 0.5) is 15.9 Å². The molecular formula is C27H24FN7O. The number of hydrogen-bond acceptors (Lipinski definition) is 7. The van der Waals surface area contributed by atoms with Crippen molar-refractivity contribution in [3.8, 4) is 11.5 Å². The van der Waals surface area contributed by atoms with E-state index < -0.39 is 5.82 Å². The summed E-state index contributed by atoms with van der Waals surface area (Å²) in [6.45, 7) is 1.69. The molecular weight excluding hydrogens is 457 g/mol. The molecule has 0 aliphatic heterocycles. The van der Waals surface area contributed by atoms with E-state index in [1.54, 1.807) is 41.9 Å². The molecule has 9 heteroatoms. The minimum Gasteiger partial charge on any atom is -0.457 e. The van der Waals surface area contributed by atoms with E-state index in [-0.39, 0.29) is 0 Å². The lowest BCUT2D eigenvalue weighted by Gasteiger charge is -2.21. The first kappa shape index (κ1) is 21.2. The minimum atomic E-state index is -0.410. The number of pyridine rings is 2. The van der Waals surface area contributed by atoms with Crippen molar-refractivity contribution in [2.24, 2.45) is 11.8 Å². The molecule has 2 aliphatic carbocycles. The highest BCUT2D eigenvalue weighted by Crippen LogP contribution is 2.52. The number of rotatable bonds is 5. The van der Waals surface area contributed by atoms with Crippen molar-refractivity contribution < 1.29 is 9.13 Å². The van der Waals surface area contributed by atoms with Crippen LogP contribution in [0.15, 0.2) is 55.2 Å². The Morgan fingerprint density at radius 1 is 1.03 bits per heavy atom. The van der Waals surface area contributed by atoms with Crippen molar-refractivity contribution >= 4 is 28.2 Å². The van der Waals surface area contributed by atoms with Gasteiger partial charge in [-0.2, -0.15) is 5.10 Å². The SMILES string of the molecule is Cc1c(Oc2ccn3ncnc3c2)ccc(Nc2ncnc3ccc([C@@H]4C[C@H]5CC[C@@H]4C5)nc23)c1F. The Morgan fingerprint density at radius 2 is 1.97 bits per heavy atom. The Morgan fingerprint density at radius 3 is 2.83 bits per heavy atom. The van der Waals surface area contributed by atoms with Crippen LogP contribution < -0.4 is 10.1 Å². The molecule has 2 bridgehead atoms. The normalized spacial score (nSPS) is 20.9. The molecule has 0 saturated heterocycles. The fourth-order valence-electron chi connectivity index (χ4n) is 5.85. The molecule has 0 radical (unpaired) electrons. The van der Waals surface area contributed by atoms with Gasteiger partial charge in [-0.15, -0.1) is 0 Å². The van der Waals surface area contributed by atoms with Gasteiger partial charge in [-0.25, -0.2) is 28.8 Å². The van der Waals surface area contributed by atoms with Gasteiger partial charge in [-0.3, -0.25) is 0 Å². The van der Waals surface area contributed by atoms with Gasteiger partial charge in [-0.1, -0.05) is 6.42 Å². The molecule has 0 amide bonds. The van der Waals surface area contributed by atoms with Gasteiger partial charge in [0.05, 0.1) is 11.2 Å². The maximum absolute atomic E-state index is 15.4. The molecule has 1 N–H and O–H groups in total. The summed E-state index contributed by atoms with van der Waals surface area (Å²) in [6.07, 6.45) is 9.85. The van der Waals surface area contributed by atoms with E-state index in [0.717, 1.165) is 23.0 Å². The van der Waals surface area contributed by atoms with E-state index in [1.165, 1.54) is 38.3 Å². The minimum absolute atomic E-state index is 0.305. The summed E-state index contributed by atoms with van der Waals surface area (Å²) >= 11 is 0. The second-order valence-electron chi connectivity index (χ2n) is 9.81. The van der Waals surface area contributed by atoms with Crippen LogP contribution in [0.2, 0.25) is 0 Å². The predicted octanol–water partition coefficient (Wildman–Crippen LogP) is 5.95. The van der Waals surface area contributed by atoms with Gasteiger partial charge in [0.25, 0.3) is 0 Å². The monoisotopic (exact) mass is 481 g/mol. The maximum Gasteiger partial charge on any atom is 0.160 e. The maximum atomic E-state index is 15.4. The van der Waals surface area contributed by atoms with Gasteiger partial charge in [0.15, 0.2) is 17.3 Å². The molecule has 4 heterocycles. The zero-order valence-electron chi connectivity index (χ0n) is 19.7. The van der Waals surface area contributed by atoms with Crippen LogP contribution in [0.5, 0.6) is 11.5 Å². The van der Waals surface area contributed by atoms with Crippen LogP contribution in [-0.2, 0) is 0 Å². The van der Waals surface area contributed by atoms with Crippen molar-refractivity contribution in [2.75, 3.05) is 5.32 Å². The van der Waals surface area contributed by atoms with Crippen LogP contribution >= 0.6 is 0 Å². The zero-order valence-corrected chi connectivity index (χ0v) is 19.7. The summed E-state index contributed by atoms with van der Waals surface area (Å²) in [6, 6.07) is 11.0. The molecule has 4 aromatic heterocycles. The summed E-state index contributed by atoms with van der Waals surface area (Å²) in [5, 5.41) is 7.23. The molecule has 2 aliphatic rings. The second-order valence-corrected chi connectivity index (χ2v) is 9.81. The van der Waals surface area contributed by atoms with E-state index in [2.05, 4.69) is 31.4 Å². The Labute approximate surface area is 206 Å². The lowest BCUT2D eigenvalue weighted by molar-refractivity contribution is 0.414. The first-order valence-electron chi connectivity index (χ1n) is 12.3. The Hall–Kier alpha value is -4.14. The fraction of sp³-hybridized carbons (Fsp3) is 0.296. The first-order valence-corrected chi connectivity index (χ1v) is 12.3. The largest absolute Gasteiger partial charge is 0.457 e. The predicted molar refractivity (Wildman–Crippen MR) is 133 cm³/mol. The molecule has 0 unspecified atom stereocenters. The molecule has 1 aromatic carbocycles. The van der Waals surface area contributed by atoms with Gasteiger partial charge in [-0.05, 0) is 68.4 Å². The van der Waals surface area contributed by atoms with Gasteiger partial charge >= 0.3 is 0 Å². The Balaban J connectivity index is 1.18. The zero-order chi connectivity index (χ0) is 24.2. The molecule has 36 heavy (non-hydrogen) atoms. The molecule has 180 valence electrons. The summed E-state index contributed by atoms with van der Waals surface area (Å²) in [4.78, 5) is 17.9. The fourth-order valence-corrected chi connectivity index (χ4v) is 5.85. The summed E-state index contributed by atoms with van der Waals surface area (Å²) < 4.78 is 23.0. The molecule has 7 rings (SSSR count). The van der Waals surface area contributed by atoms with Crippen LogP contribution in [0.1, 0.15) is 42.9 Å². The van der Waals surface area contributed by atoms with Crippen molar-refractivity contribution in [3.63, 3.8) is 0 Å². The number of nitrogens with zero attached hydrogens (tertiary/aromatic N) is 6.